The first-order valence-corrected chi connectivity index (χ1v) is 9.07. The minimum Gasteiger partial charge on any atom is -0.460 e. The number of ether oxygens (including phenoxy) is 1. The monoisotopic (exact) mass is 391 g/mol. The summed E-state index contributed by atoms with van der Waals surface area (Å²) in [5, 5.41) is 36.7. The van der Waals surface area contributed by atoms with Crippen LogP contribution in [0.3, 0.4) is 0 Å². The number of carbonyl (C=O) groups is 2. The van der Waals surface area contributed by atoms with Crippen molar-refractivity contribution in [1.29, 1.82) is 10.5 Å². The van der Waals surface area contributed by atoms with Crippen LogP contribution in [-0.2, 0) is 14.3 Å². The number of hydrogen-bond donors (Lipinski definition) is 1. The lowest BCUT2D eigenvalue weighted by molar-refractivity contribution is -0.146. The highest BCUT2D eigenvalue weighted by molar-refractivity contribution is 5.69. The summed E-state index contributed by atoms with van der Waals surface area (Å²) < 4.78 is 5.08. The lowest BCUT2D eigenvalue weighted by Gasteiger charge is -2.20. The summed E-state index contributed by atoms with van der Waals surface area (Å²) in [6, 6.07) is 3.84. The maximum atomic E-state index is 12.0. The Morgan fingerprint density at radius 2 is 1.82 bits per heavy atom. The summed E-state index contributed by atoms with van der Waals surface area (Å²) in [6.45, 7) is 9.01. The third kappa shape index (κ3) is 10.3. The predicted octanol–water partition coefficient (Wildman–Crippen LogP) is 3.06. The standard InChI is InChI=1S/C18H29N7O3/c1-6-7-10-22-25-18(12-20,21-14-26)13-28-15(27)8-9-17(5,11-19)24-23-16(2,3)4/h14H,6-10,13H2,1-5H3,(H,21,26). The second-order valence-corrected chi connectivity index (χ2v) is 7.47. The molecule has 0 saturated carbocycles. The number of amides is 1. The normalized spacial score (nSPS) is 16.0. The molecule has 0 aliphatic rings. The van der Waals surface area contributed by atoms with Crippen LogP contribution in [0.15, 0.2) is 20.5 Å². The van der Waals surface area contributed by atoms with Crippen molar-refractivity contribution in [1.82, 2.24) is 5.32 Å². The Kier molecular flexibility index (Phi) is 10.5. The molecule has 0 saturated heterocycles. The number of rotatable bonds is 12. The molecule has 10 nitrogen and oxygen atoms in total. The summed E-state index contributed by atoms with van der Waals surface area (Å²) in [6.07, 6.45) is 1.97. The van der Waals surface area contributed by atoms with Gasteiger partial charge in [0.25, 0.3) is 5.66 Å². The van der Waals surface area contributed by atoms with E-state index >= 15 is 0 Å². The Hall–Kier alpha value is -2.88. The van der Waals surface area contributed by atoms with Gasteiger partial charge in [0.2, 0.25) is 6.41 Å². The Morgan fingerprint density at radius 1 is 1.14 bits per heavy atom. The van der Waals surface area contributed by atoms with Crippen molar-refractivity contribution in [2.45, 2.75) is 77.0 Å². The van der Waals surface area contributed by atoms with Crippen molar-refractivity contribution in [3.8, 4) is 12.1 Å². The van der Waals surface area contributed by atoms with Crippen LogP contribution >= 0.6 is 0 Å². The second kappa shape index (κ2) is 11.8. The lowest BCUT2D eigenvalue weighted by Crippen LogP contribution is -2.46. The number of unbranched alkanes of at least 4 members (excludes halogenated alkanes) is 1. The maximum Gasteiger partial charge on any atom is 0.306 e. The first kappa shape index (κ1) is 25.1. The highest BCUT2D eigenvalue weighted by atomic mass is 16.5. The number of nitrogens with zero attached hydrogens (tertiary/aromatic N) is 6. The van der Waals surface area contributed by atoms with E-state index in [2.05, 4.69) is 25.8 Å². The molecular formula is C18H29N7O3. The lowest BCUT2D eigenvalue weighted by atomic mass is 9.99. The molecule has 0 spiro atoms. The van der Waals surface area contributed by atoms with E-state index < -0.39 is 29.3 Å². The fourth-order valence-electron chi connectivity index (χ4n) is 1.67. The quantitative estimate of drug-likeness (QED) is 0.234. The summed E-state index contributed by atoms with van der Waals surface area (Å²) >= 11 is 0. The summed E-state index contributed by atoms with van der Waals surface area (Å²) in [4.78, 5) is 22.8. The number of azo groups is 2. The van der Waals surface area contributed by atoms with E-state index in [9.17, 15) is 20.1 Å². The van der Waals surface area contributed by atoms with Gasteiger partial charge < -0.3 is 10.1 Å². The van der Waals surface area contributed by atoms with Crippen LogP contribution in [0.1, 0.15) is 60.3 Å². The Bertz CT molecular complexity index is 658. The summed E-state index contributed by atoms with van der Waals surface area (Å²) in [5.74, 6) is -0.650. The van der Waals surface area contributed by atoms with Gasteiger partial charge in [-0.1, -0.05) is 13.3 Å². The van der Waals surface area contributed by atoms with Crippen LogP contribution < -0.4 is 5.32 Å². The maximum absolute atomic E-state index is 12.0. The van der Waals surface area contributed by atoms with E-state index in [1.54, 1.807) is 13.0 Å². The fraction of sp³-hybridized carbons (Fsp3) is 0.778. The molecule has 0 aromatic carbocycles. The number of nitrogens with one attached hydrogen (secondary N) is 1. The van der Waals surface area contributed by atoms with Crippen LogP contribution in [0.25, 0.3) is 0 Å². The van der Waals surface area contributed by atoms with E-state index in [1.807, 2.05) is 33.8 Å². The summed E-state index contributed by atoms with van der Waals surface area (Å²) in [5.41, 5.74) is -3.37. The largest absolute Gasteiger partial charge is 0.460 e. The minimum atomic E-state index is -1.77. The zero-order valence-electron chi connectivity index (χ0n) is 17.2. The van der Waals surface area contributed by atoms with Gasteiger partial charge in [0.1, 0.15) is 6.07 Å². The molecule has 0 radical (unpaired) electrons. The van der Waals surface area contributed by atoms with Crippen molar-refractivity contribution in [2.24, 2.45) is 20.5 Å². The van der Waals surface area contributed by atoms with Crippen LogP contribution in [0.5, 0.6) is 0 Å². The minimum absolute atomic E-state index is 0.0978. The number of nitriles is 2. The van der Waals surface area contributed by atoms with Crippen molar-refractivity contribution in [3.63, 3.8) is 0 Å². The molecule has 0 aliphatic heterocycles. The van der Waals surface area contributed by atoms with Crippen molar-refractivity contribution < 1.29 is 14.3 Å². The van der Waals surface area contributed by atoms with E-state index in [4.69, 9.17) is 4.74 Å². The van der Waals surface area contributed by atoms with E-state index in [1.165, 1.54) is 0 Å². The molecule has 0 aromatic heterocycles. The third-order valence-electron chi connectivity index (χ3n) is 3.41. The van der Waals surface area contributed by atoms with Gasteiger partial charge >= 0.3 is 5.97 Å². The molecule has 154 valence electrons. The van der Waals surface area contributed by atoms with Gasteiger partial charge in [-0.3, -0.25) is 9.59 Å². The molecule has 28 heavy (non-hydrogen) atoms. The van der Waals surface area contributed by atoms with Crippen LogP contribution in [0, 0.1) is 22.7 Å². The van der Waals surface area contributed by atoms with Gasteiger partial charge in [-0.05, 0) is 40.5 Å². The van der Waals surface area contributed by atoms with Gasteiger partial charge in [0, 0.05) is 6.42 Å². The van der Waals surface area contributed by atoms with E-state index in [0.717, 1.165) is 12.8 Å². The van der Waals surface area contributed by atoms with E-state index in [-0.39, 0.29) is 12.8 Å². The third-order valence-corrected chi connectivity index (χ3v) is 3.41. The fourth-order valence-corrected chi connectivity index (χ4v) is 1.67. The summed E-state index contributed by atoms with van der Waals surface area (Å²) in [7, 11) is 0. The van der Waals surface area contributed by atoms with Crippen molar-refractivity contribution in [2.75, 3.05) is 13.2 Å². The Morgan fingerprint density at radius 3 is 2.32 bits per heavy atom. The molecule has 2 atom stereocenters. The van der Waals surface area contributed by atoms with Gasteiger partial charge in [0.05, 0.1) is 18.2 Å². The molecule has 2 unspecified atom stereocenters. The molecule has 1 N–H and O–H groups in total. The number of hydrogen-bond acceptors (Lipinski definition) is 9. The topological polar surface area (TPSA) is 152 Å². The Labute approximate surface area is 166 Å². The second-order valence-electron chi connectivity index (χ2n) is 7.47. The Balaban J connectivity index is 4.88. The first-order valence-electron chi connectivity index (χ1n) is 9.07. The zero-order chi connectivity index (χ0) is 21.7. The van der Waals surface area contributed by atoms with Gasteiger partial charge in [-0.15, -0.1) is 5.11 Å². The molecule has 0 fully saturated rings. The molecule has 0 rings (SSSR count). The van der Waals surface area contributed by atoms with Crippen molar-refractivity contribution >= 4 is 12.4 Å². The highest BCUT2D eigenvalue weighted by Crippen LogP contribution is 2.21. The molecule has 1 amide bonds. The van der Waals surface area contributed by atoms with Crippen LogP contribution in [0.2, 0.25) is 0 Å². The zero-order valence-corrected chi connectivity index (χ0v) is 17.2. The molecule has 0 bridgehead atoms. The SMILES string of the molecule is CCCCN=NC(C#N)(COC(=O)CCC(C)(C#N)N=NC(C)(C)C)NC=O. The van der Waals surface area contributed by atoms with Crippen LogP contribution in [-0.4, -0.2) is 42.3 Å². The van der Waals surface area contributed by atoms with Gasteiger partial charge in [-0.25, -0.2) is 0 Å². The first-order chi connectivity index (χ1) is 13.1. The molecule has 10 heteroatoms. The smallest absolute Gasteiger partial charge is 0.306 e. The van der Waals surface area contributed by atoms with Gasteiger partial charge in [-0.2, -0.15) is 25.9 Å². The van der Waals surface area contributed by atoms with Gasteiger partial charge in [0.15, 0.2) is 12.1 Å². The molecule has 0 aromatic rings. The predicted molar refractivity (Wildman–Crippen MR) is 101 cm³/mol. The van der Waals surface area contributed by atoms with Crippen molar-refractivity contribution in [3.05, 3.63) is 0 Å². The molecule has 0 heterocycles. The number of esters is 1. The molecular weight excluding hydrogens is 362 g/mol. The molecule has 0 aliphatic carbocycles. The highest BCUT2D eigenvalue weighted by Gasteiger charge is 2.32. The average Bonchev–Trinajstić information content (AvgIpc) is 2.65. The average molecular weight is 391 g/mol. The number of carbonyl (C=O) groups excluding carboxylic acids is 2. The van der Waals surface area contributed by atoms with Crippen LogP contribution in [0.4, 0.5) is 0 Å². The van der Waals surface area contributed by atoms with E-state index in [0.29, 0.717) is 13.0 Å².